The average molecular weight is 277 g/mol. The molecular formula is C11H21ClN4O2. The van der Waals surface area contributed by atoms with Crippen LogP contribution in [0.3, 0.4) is 0 Å². The molecule has 1 spiro atoms. The number of carbonyl (C=O) groups excluding carboxylic acids is 2. The summed E-state index contributed by atoms with van der Waals surface area (Å²) in [6, 6.07) is -0.0760. The average Bonchev–Trinajstić information content (AvgIpc) is 2.51. The van der Waals surface area contributed by atoms with Crippen LogP contribution in [0.5, 0.6) is 0 Å². The van der Waals surface area contributed by atoms with Crippen molar-refractivity contribution in [2.45, 2.75) is 24.8 Å². The lowest BCUT2D eigenvalue weighted by Crippen LogP contribution is -2.61. The zero-order valence-electron chi connectivity index (χ0n) is 10.6. The van der Waals surface area contributed by atoms with E-state index in [0.717, 1.165) is 25.9 Å². The SMILES string of the molecule is CNC(=O)N1CCNCC2(CCCC(=O)N2)C1.Cl. The number of carbonyl (C=O) groups is 2. The number of rotatable bonds is 0. The summed E-state index contributed by atoms with van der Waals surface area (Å²) in [5, 5.41) is 9.00. The van der Waals surface area contributed by atoms with Gasteiger partial charge in [0.2, 0.25) is 5.91 Å². The number of halogens is 1. The van der Waals surface area contributed by atoms with E-state index >= 15 is 0 Å². The Morgan fingerprint density at radius 3 is 2.94 bits per heavy atom. The van der Waals surface area contributed by atoms with Crippen LogP contribution in [0.25, 0.3) is 0 Å². The minimum atomic E-state index is -0.279. The number of urea groups is 1. The van der Waals surface area contributed by atoms with Crippen molar-refractivity contribution in [2.75, 3.05) is 33.2 Å². The zero-order valence-corrected chi connectivity index (χ0v) is 11.4. The molecule has 0 aromatic carbocycles. The standard InChI is InChI=1S/C11H20N4O2.ClH/c1-12-10(17)15-6-5-13-7-11(8-15)4-2-3-9(16)14-11;/h13H,2-8H2,1H3,(H,12,17)(H,14,16);1H. The van der Waals surface area contributed by atoms with Gasteiger partial charge in [0.05, 0.1) is 5.54 Å². The maximum Gasteiger partial charge on any atom is 0.317 e. The first kappa shape index (κ1) is 15.0. The Morgan fingerprint density at radius 1 is 1.50 bits per heavy atom. The molecule has 0 radical (unpaired) electrons. The molecule has 0 aromatic heterocycles. The minimum absolute atomic E-state index is 0. The lowest BCUT2D eigenvalue weighted by atomic mass is 9.88. The highest BCUT2D eigenvalue weighted by molar-refractivity contribution is 5.85. The van der Waals surface area contributed by atoms with Crippen LogP contribution >= 0.6 is 12.4 Å². The topological polar surface area (TPSA) is 73.5 Å². The van der Waals surface area contributed by atoms with Crippen molar-refractivity contribution >= 4 is 24.3 Å². The van der Waals surface area contributed by atoms with Crippen molar-refractivity contribution in [3.05, 3.63) is 0 Å². The van der Waals surface area contributed by atoms with Gasteiger partial charge in [-0.3, -0.25) is 4.79 Å². The van der Waals surface area contributed by atoms with E-state index in [1.165, 1.54) is 0 Å². The second-order valence-corrected chi connectivity index (χ2v) is 4.84. The van der Waals surface area contributed by atoms with Crippen molar-refractivity contribution in [1.29, 1.82) is 0 Å². The fraction of sp³-hybridized carbons (Fsp3) is 0.818. The van der Waals surface area contributed by atoms with E-state index in [-0.39, 0.29) is 29.9 Å². The van der Waals surface area contributed by atoms with Gasteiger partial charge in [0.15, 0.2) is 0 Å². The quantitative estimate of drug-likeness (QED) is 0.568. The third kappa shape index (κ3) is 3.26. The van der Waals surface area contributed by atoms with E-state index in [4.69, 9.17) is 0 Å². The fourth-order valence-corrected chi connectivity index (χ4v) is 2.63. The van der Waals surface area contributed by atoms with Gasteiger partial charge in [0.1, 0.15) is 0 Å². The summed E-state index contributed by atoms with van der Waals surface area (Å²) < 4.78 is 0. The molecule has 18 heavy (non-hydrogen) atoms. The van der Waals surface area contributed by atoms with Crippen molar-refractivity contribution in [2.24, 2.45) is 0 Å². The van der Waals surface area contributed by atoms with Crippen LogP contribution in [0.15, 0.2) is 0 Å². The number of amides is 3. The minimum Gasteiger partial charge on any atom is -0.348 e. The Kier molecular flexibility index (Phi) is 5.22. The predicted octanol–water partition coefficient (Wildman–Crippen LogP) is -0.308. The molecule has 0 bridgehead atoms. The Bertz CT molecular complexity index is 326. The number of piperidine rings is 1. The summed E-state index contributed by atoms with van der Waals surface area (Å²) in [4.78, 5) is 25.0. The number of nitrogens with zero attached hydrogens (tertiary/aromatic N) is 1. The van der Waals surface area contributed by atoms with Crippen LogP contribution in [0.2, 0.25) is 0 Å². The molecule has 0 saturated carbocycles. The van der Waals surface area contributed by atoms with Crippen molar-refractivity contribution in [3.8, 4) is 0 Å². The number of hydrogen-bond donors (Lipinski definition) is 3. The molecule has 3 amide bonds. The van der Waals surface area contributed by atoms with Crippen LogP contribution in [-0.2, 0) is 4.79 Å². The summed E-state index contributed by atoms with van der Waals surface area (Å²) in [5.74, 6) is 0.0943. The predicted molar refractivity (Wildman–Crippen MR) is 70.9 cm³/mol. The first-order chi connectivity index (χ1) is 8.15. The van der Waals surface area contributed by atoms with Gasteiger partial charge in [-0.1, -0.05) is 0 Å². The third-order valence-corrected chi connectivity index (χ3v) is 3.48. The van der Waals surface area contributed by atoms with E-state index in [2.05, 4.69) is 16.0 Å². The molecule has 0 aliphatic carbocycles. The first-order valence-corrected chi connectivity index (χ1v) is 6.14. The summed E-state index contributed by atoms with van der Waals surface area (Å²) in [7, 11) is 1.63. The lowest BCUT2D eigenvalue weighted by molar-refractivity contribution is -0.125. The monoisotopic (exact) mass is 276 g/mol. The van der Waals surface area contributed by atoms with Gasteiger partial charge < -0.3 is 20.9 Å². The second-order valence-electron chi connectivity index (χ2n) is 4.84. The van der Waals surface area contributed by atoms with Gasteiger partial charge in [-0.15, -0.1) is 12.4 Å². The van der Waals surface area contributed by atoms with Crippen molar-refractivity contribution in [3.63, 3.8) is 0 Å². The molecule has 7 heteroatoms. The molecular weight excluding hydrogens is 256 g/mol. The molecule has 2 aliphatic heterocycles. The fourth-order valence-electron chi connectivity index (χ4n) is 2.63. The zero-order chi connectivity index (χ0) is 12.3. The van der Waals surface area contributed by atoms with Crippen LogP contribution < -0.4 is 16.0 Å². The third-order valence-electron chi connectivity index (χ3n) is 3.48. The normalized spacial score (nSPS) is 28.1. The Labute approximate surface area is 113 Å². The highest BCUT2D eigenvalue weighted by Crippen LogP contribution is 2.22. The number of nitrogens with one attached hydrogen (secondary N) is 3. The Morgan fingerprint density at radius 2 is 2.28 bits per heavy atom. The van der Waals surface area contributed by atoms with Crippen molar-refractivity contribution in [1.82, 2.24) is 20.9 Å². The maximum atomic E-state index is 11.7. The molecule has 1 unspecified atom stereocenters. The van der Waals surface area contributed by atoms with Gasteiger partial charge in [-0.25, -0.2) is 4.79 Å². The largest absolute Gasteiger partial charge is 0.348 e. The molecule has 0 aromatic rings. The summed E-state index contributed by atoms with van der Waals surface area (Å²) in [6.07, 6.45) is 2.43. The lowest BCUT2D eigenvalue weighted by Gasteiger charge is -2.39. The number of hydrogen-bond acceptors (Lipinski definition) is 3. The van der Waals surface area contributed by atoms with E-state index < -0.39 is 0 Å². The van der Waals surface area contributed by atoms with Crippen molar-refractivity contribution < 1.29 is 9.59 Å². The second kappa shape index (κ2) is 6.24. The molecule has 1 atom stereocenters. The highest BCUT2D eigenvalue weighted by atomic mass is 35.5. The van der Waals surface area contributed by atoms with Gasteiger partial charge in [-0.05, 0) is 12.8 Å². The van der Waals surface area contributed by atoms with E-state index in [9.17, 15) is 9.59 Å². The molecule has 3 N–H and O–H groups in total. The Hall–Kier alpha value is -1.01. The van der Waals surface area contributed by atoms with Gasteiger partial charge in [0, 0.05) is 39.6 Å². The molecule has 6 nitrogen and oxygen atoms in total. The van der Waals surface area contributed by atoms with Crippen LogP contribution in [0, 0.1) is 0 Å². The van der Waals surface area contributed by atoms with Crippen LogP contribution in [-0.4, -0.2) is 55.6 Å². The van der Waals surface area contributed by atoms with Crippen LogP contribution in [0.4, 0.5) is 4.79 Å². The molecule has 2 saturated heterocycles. The van der Waals surface area contributed by atoms with E-state index in [1.54, 1.807) is 11.9 Å². The van der Waals surface area contributed by atoms with Gasteiger partial charge in [-0.2, -0.15) is 0 Å². The maximum absolute atomic E-state index is 11.7. The van der Waals surface area contributed by atoms with E-state index in [0.29, 0.717) is 19.5 Å². The van der Waals surface area contributed by atoms with E-state index in [1.807, 2.05) is 0 Å². The molecule has 2 heterocycles. The molecule has 2 aliphatic rings. The Balaban J connectivity index is 0.00000162. The smallest absolute Gasteiger partial charge is 0.317 e. The molecule has 104 valence electrons. The summed E-state index contributed by atoms with van der Waals surface area (Å²) >= 11 is 0. The van der Waals surface area contributed by atoms with Crippen LogP contribution in [0.1, 0.15) is 19.3 Å². The highest BCUT2D eigenvalue weighted by Gasteiger charge is 2.38. The molecule has 2 rings (SSSR count). The molecule has 2 fully saturated rings. The summed E-state index contributed by atoms with van der Waals surface area (Å²) in [6.45, 7) is 2.78. The van der Waals surface area contributed by atoms with Gasteiger partial charge >= 0.3 is 6.03 Å². The first-order valence-electron chi connectivity index (χ1n) is 6.14. The summed E-state index contributed by atoms with van der Waals surface area (Å²) in [5.41, 5.74) is -0.279. The van der Waals surface area contributed by atoms with Gasteiger partial charge in [0.25, 0.3) is 0 Å².